The lowest BCUT2D eigenvalue weighted by molar-refractivity contribution is -0.143. The van der Waals surface area contributed by atoms with Crippen LogP contribution in [-0.2, 0) is 22.6 Å². The molecule has 1 aliphatic heterocycles. The van der Waals surface area contributed by atoms with Crippen LogP contribution in [0.5, 0.6) is 5.75 Å². The Kier molecular flexibility index (Phi) is 6.23. The second-order valence-electron chi connectivity index (χ2n) is 6.95. The van der Waals surface area contributed by atoms with Gasteiger partial charge in [0.15, 0.2) is 0 Å². The van der Waals surface area contributed by atoms with Gasteiger partial charge < -0.3 is 15.0 Å². The van der Waals surface area contributed by atoms with Gasteiger partial charge in [0.1, 0.15) is 5.75 Å². The van der Waals surface area contributed by atoms with E-state index in [2.05, 4.69) is 10.3 Å². The predicted molar refractivity (Wildman–Crippen MR) is 102 cm³/mol. The zero-order chi connectivity index (χ0) is 20.0. The summed E-state index contributed by atoms with van der Waals surface area (Å²) < 4.78 is 20.4. The van der Waals surface area contributed by atoms with Crippen molar-refractivity contribution in [2.45, 2.75) is 31.5 Å². The van der Waals surface area contributed by atoms with E-state index in [1.165, 1.54) is 4.90 Å². The summed E-state index contributed by atoms with van der Waals surface area (Å²) in [4.78, 5) is 30.4. The number of ether oxygens (including phenoxy) is 1. The maximum atomic E-state index is 15.3. The standard InChI is InChI=1S/C21H24FN3O3/c1-28-18-5-3-16(4-6-18)13-19(26)25-12-2-9-21(22,15-25)20(27)24-14-17-7-10-23-11-8-17/h3-8,10-11H,2,9,12-15H2,1H3,(H,24,27). The number of carbonyl (C=O) groups excluding carboxylic acids is 2. The number of hydrogen-bond acceptors (Lipinski definition) is 4. The summed E-state index contributed by atoms with van der Waals surface area (Å²) in [5, 5.41) is 2.64. The molecule has 1 aliphatic rings. The molecule has 0 saturated carbocycles. The van der Waals surface area contributed by atoms with Gasteiger partial charge in [0.05, 0.1) is 20.1 Å². The largest absolute Gasteiger partial charge is 0.497 e. The highest BCUT2D eigenvalue weighted by molar-refractivity contribution is 5.87. The number of likely N-dealkylation sites (tertiary alicyclic amines) is 1. The third-order valence-corrected chi connectivity index (χ3v) is 4.92. The molecule has 0 bridgehead atoms. The van der Waals surface area contributed by atoms with Crippen LogP contribution in [0, 0.1) is 0 Å². The Hall–Kier alpha value is -2.96. The van der Waals surface area contributed by atoms with E-state index in [4.69, 9.17) is 4.74 Å². The molecule has 1 atom stereocenters. The smallest absolute Gasteiger partial charge is 0.259 e. The molecule has 28 heavy (non-hydrogen) atoms. The van der Waals surface area contributed by atoms with Crippen molar-refractivity contribution in [3.63, 3.8) is 0 Å². The number of carbonyl (C=O) groups is 2. The minimum Gasteiger partial charge on any atom is -0.497 e. The van der Waals surface area contributed by atoms with E-state index < -0.39 is 11.6 Å². The molecule has 148 valence electrons. The summed E-state index contributed by atoms with van der Waals surface area (Å²) in [6, 6.07) is 10.7. The van der Waals surface area contributed by atoms with Crippen LogP contribution in [0.2, 0.25) is 0 Å². The summed E-state index contributed by atoms with van der Waals surface area (Å²) in [7, 11) is 1.58. The minimum atomic E-state index is -2.07. The van der Waals surface area contributed by atoms with Crippen molar-refractivity contribution in [3.05, 3.63) is 59.9 Å². The summed E-state index contributed by atoms with van der Waals surface area (Å²) in [6.07, 6.45) is 3.97. The second-order valence-corrected chi connectivity index (χ2v) is 6.95. The second kappa shape index (κ2) is 8.82. The zero-order valence-electron chi connectivity index (χ0n) is 15.9. The van der Waals surface area contributed by atoms with E-state index in [9.17, 15) is 9.59 Å². The number of methoxy groups -OCH3 is 1. The number of hydrogen-bond donors (Lipinski definition) is 1. The van der Waals surface area contributed by atoms with Crippen molar-refractivity contribution in [3.8, 4) is 5.75 Å². The first-order chi connectivity index (χ1) is 13.5. The zero-order valence-corrected chi connectivity index (χ0v) is 15.9. The number of amides is 2. The molecule has 0 spiro atoms. The summed E-state index contributed by atoms with van der Waals surface area (Å²) >= 11 is 0. The lowest BCUT2D eigenvalue weighted by atomic mass is 9.93. The molecule has 2 amide bonds. The number of nitrogens with one attached hydrogen (secondary N) is 1. The monoisotopic (exact) mass is 385 g/mol. The molecule has 1 saturated heterocycles. The third kappa shape index (κ3) is 4.85. The van der Waals surface area contributed by atoms with Crippen LogP contribution >= 0.6 is 0 Å². The molecule has 1 unspecified atom stereocenters. The molecule has 0 radical (unpaired) electrons. The normalized spacial score (nSPS) is 19.1. The van der Waals surface area contributed by atoms with Crippen molar-refractivity contribution in [2.24, 2.45) is 0 Å². The molecule has 2 aromatic rings. The first-order valence-corrected chi connectivity index (χ1v) is 9.27. The first-order valence-electron chi connectivity index (χ1n) is 9.27. The maximum Gasteiger partial charge on any atom is 0.259 e. The number of benzene rings is 1. The van der Waals surface area contributed by atoms with Gasteiger partial charge in [-0.05, 0) is 48.2 Å². The number of aromatic nitrogens is 1. The van der Waals surface area contributed by atoms with Crippen LogP contribution in [0.4, 0.5) is 4.39 Å². The van der Waals surface area contributed by atoms with Gasteiger partial charge in [-0.15, -0.1) is 0 Å². The minimum absolute atomic E-state index is 0.113. The van der Waals surface area contributed by atoms with Gasteiger partial charge in [0.25, 0.3) is 5.91 Å². The summed E-state index contributed by atoms with van der Waals surface area (Å²) in [6.45, 7) is 0.468. The molecule has 6 nitrogen and oxygen atoms in total. The number of rotatable bonds is 6. The Bertz CT molecular complexity index is 813. The van der Waals surface area contributed by atoms with E-state index in [0.717, 1.165) is 11.1 Å². The number of piperidine rings is 1. The van der Waals surface area contributed by atoms with E-state index in [1.54, 1.807) is 43.8 Å². The van der Waals surface area contributed by atoms with Gasteiger partial charge in [-0.25, -0.2) is 4.39 Å². The van der Waals surface area contributed by atoms with Gasteiger partial charge >= 0.3 is 0 Å². The highest BCUT2D eigenvalue weighted by atomic mass is 19.1. The summed E-state index contributed by atoms with van der Waals surface area (Å²) in [5.74, 6) is -0.150. The topological polar surface area (TPSA) is 71.5 Å². The van der Waals surface area contributed by atoms with E-state index >= 15 is 4.39 Å². The van der Waals surface area contributed by atoms with Crippen molar-refractivity contribution in [1.29, 1.82) is 0 Å². The summed E-state index contributed by atoms with van der Waals surface area (Å²) in [5.41, 5.74) is -0.404. The van der Waals surface area contributed by atoms with Crippen molar-refractivity contribution >= 4 is 11.8 Å². The molecule has 1 fully saturated rings. The molecule has 2 heterocycles. The average molecular weight is 385 g/mol. The average Bonchev–Trinajstić information content (AvgIpc) is 2.73. The van der Waals surface area contributed by atoms with Crippen LogP contribution < -0.4 is 10.1 Å². The third-order valence-electron chi connectivity index (χ3n) is 4.92. The lowest BCUT2D eigenvalue weighted by Gasteiger charge is -2.36. The molecule has 1 N–H and O–H groups in total. The Labute approximate surface area is 163 Å². The number of alkyl halides is 1. The Balaban J connectivity index is 1.58. The van der Waals surface area contributed by atoms with Crippen LogP contribution in [0.1, 0.15) is 24.0 Å². The van der Waals surface area contributed by atoms with Gasteiger partial charge in [0.2, 0.25) is 11.6 Å². The van der Waals surface area contributed by atoms with Crippen molar-refractivity contribution in [2.75, 3.05) is 20.2 Å². The fourth-order valence-electron chi connectivity index (χ4n) is 3.28. The molecular formula is C21H24FN3O3. The fraction of sp³-hybridized carbons (Fsp3) is 0.381. The number of halogens is 1. The van der Waals surface area contributed by atoms with Gasteiger partial charge in [-0.1, -0.05) is 12.1 Å². The Morgan fingerprint density at radius 3 is 2.57 bits per heavy atom. The number of nitrogens with zero attached hydrogens (tertiary/aromatic N) is 2. The molecule has 3 rings (SSSR count). The van der Waals surface area contributed by atoms with E-state index in [-0.39, 0.29) is 31.8 Å². The lowest BCUT2D eigenvalue weighted by Crippen LogP contribution is -2.55. The van der Waals surface area contributed by atoms with Crippen LogP contribution in [0.3, 0.4) is 0 Å². The van der Waals surface area contributed by atoms with E-state index in [0.29, 0.717) is 18.7 Å². The SMILES string of the molecule is COc1ccc(CC(=O)N2CCCC(F)(C(=O)NCc3ccncc3)C2)cc1. The Morgan fingerprint density at radius 2 is 1.89 bits per heavy atom. The van der Waals surface area contributed by atoms with Gasteiger partial charge in [-0.2, -0.15) is 0 Å². The van der Waals surface area contributed by atoms with Crippen molar-refractivity contribution in [1.82, 2.24) is 15.2 Å². The van der Waals surface area contributed by atoms with Gasteiger partial charge in [-0.3, -0.25) is 14.6 Å². The Morgan fingerprint density at radius 1 is 1.18 bits per heavy atom. The van der Waals surface area contributed by atoms with Gasteiger partial charge in [0, 0.05) is 25.5 Å². The van der Waals surface area contributed by atoms with Crippen LogP contribution in [0.25, 0.3) is 0 Å². The molecule has 1 aromatic heterocycles. The van der Waals surface area contributed by atoms with E-state index in [1.807, 2.05) is 12.1 Å². The molecule has 1 aromatic carbocycles. The molecule has 0 aliphatic carbocycles. The molecule has 7 heteroatoms. The first kappa shape index (κ1) is 19.8. The quantitative estimate of drug-likeness (QED) is 0.828. The number of pyridine rings is 1. The maximum absolute atomic E-state index is 15.3. The molecular weight excluding hydrogens is 361 g/mol. The van der Waals surface area contributed by atoms with Crippen LogP contribution in [-0.4, -0.2) is 47.6 Å². The predicted octanol–water partition coefficient (Wildman–Crippen LogP) is 2.28. The highest BCUT2D eigenvalue weighted by Gasteiger charge is 2.43. The highest BCUT2D eigenvalue weighted by Crippen LogP contribution is 2.26. The van der Waals surface area contributed by atoms with Crippen molar-refractivity contribution < 1.29 is 18.7 Å². The fourth-order valence-corrected chi connectivity index (χ4v) is 3.28. The van der Waals surface area contributed by atoms with Crippen LogP contribution in [0.15, 0.2) is 48.8 Å².